The Morgan fingerprint density at radius 1 is 0.773 bits per heavy atom. The highest BCUT2D eigenvalue weighted by Gasteiger charge is 1.99. The number of fused-ring (bicyclic) bond motifs is 1. The van der Waals surface area contributed by atoms with Crippen molar-refractivity contribution < 1.29 is 0 Å². The molecule has 0 bridgehead atoms. The summed E-state index contributed by atoms with van der Waals surface area (Å²) in [6.07, 6.45) is 0. The predicted molar refractivity (Wildman–Crippen MR) is 91.8 cm³/mol. The van der Waals surface area contributed by atoms with Crippen molar-refractivity contribution in [1.82, 2.24) is 0 Å². The van der Waals surface area contributed by atoms with E-state index < -0.39 is 0 Å². The first kappa shape index (κ1) is 13.7. The number of nitrogen functional groups attached to an aromatic ring is 2. The van der Waals surface area contributed by atoms with E-state index in [2.05, 4.69) is 11.8 Å². The van der Waals surface area contributed by atoms with Crippen molar-refractivity contribution in [1.29, 1.82) is 5.41 Å². The van der Waals surface area contributed by atoms with Crippen LogP contribution in [0.1, 0.15) is 16.7 Å². The first-order chi connectivity index (χ1) is 10.6. The fourth-order valence-corrected chi connectivity index (χ4v) is 2.20. The number of anilines is 1. The van der Waals surface area contributed by atoms with Gasteiger partial charge in [0, 0.05) is 22.4 Å². The molecule has 106 valence electrons. The number of amidine groups is 1. The molecule has 5 N–H and O–H groups in total. The molecular formula is C19H15N3. The third kappa shape index (κ3) is 2.92. The molecule has 0 aliphatic rings. The first-order valence-corrected chi connectivity index (χ1v) is 6.87. The van der Waals surface area contributed by atoms with Crippen molar-refractivity contribution in [3.63, 3.8) is 0 Å². The highest BCUT2D eigenvalue weighted by molar-refractivity contribution is 5.99. The Balaban J connectivity index is 1.94. The molecule has 3 aromatic rings. The van der Waals surface area contributed by atoms with Crippen LogP contribution in [-0.2, 0) is 0 Å². The fourth-order valence-electron chi connectivity index (χ4n) is 2.20. The van der Waals surface area contributed by atoms with Crippen LogP contribution < -0.4 is 11.5 Å². The standard InChI is InChI=1S/C19H15N3/c20-18-9-4-13(5-10-18)1-2-14-3-6-16-12-17(19(21)22)8-7-15(16)11-14/h3-12H,20H2,(H3,21,22). The second-order valence-corrected chi connectivity index (χ2v) is 5.06. The second kappa shape index (κ2) is 5.63. The predicted octanol–water partition coefficient (Wildman–Crippen LogP) is 3.11. The topological polar surface area (TPSA) is 75.9 Å². The summed E-state index contributed by atoms with van der Waals surface area (Å²) in [6.45, 7) is 0. The Hall–Kier alpha value is -3.25. The number of rotatable bonds is 1. The van der Waals surface area contributed by atoms with Crippen LogP contribution in [-0.4, -0.2) is 5.84 Å². The van der Waals surface area contributed by atoms with Gasteiger partial charge in [-0.3, -0.25) is 5.41 Å². The van der Waals surface area contributed by atoms with E-state index in [1.807, 2.05) is 60.7 Å². The minimum Gasteiger partial charge on any atom is -0.399 e. The third-order valence-corrected chi connectivity index (χ3v) is 3.41. The zero-order valence-electron chi connectivity index (χ0n) is 11.9. The quantitative estimate of drug-likeness (QED) is 0.278. The maximum atomic E-state index is 7.48. The lowest BCUT2D eigenvalue weighted by Gasteiger charge is -2.02. The molecule has 0 saturated carbocycles. The van der Waals surface area contributed by atoms with Gasteiger partial charge in [0.15, 0.2) is 0 Å². The molecule has 0 aliphatic carbocycles. The lowest BCUT2D eigenvalue weighted by molar-refractivity contribution is 1.43. The number of hydrogen-bond donors (Lipinski definition) is 3. The summed E-state index contributed by atoms with van der Waals surface area (Å²) in [5, 5.41) is 9.60. The molecule has 0 atom stereocenters. The van der Waals surface area contributed by atoms with E-state index in [0.29, 0.717) is 0 Å². The highest BCUT2D eigenvalue weighted by atomic mass is 14.7. The van der Waals surface area contributed by atoms with Crippen molar-refractivity contribution in [3.8, 4) is 11.8 Å². The summed E-state index contributed by atoms with van der Waals surface area (Å²) >= 11 is 0. The van der Waals surface area contributed by atoms with Crippen molar-refractivity contribution in [2.45, 2.75) is 0 Å². The molecule has 0 unspecified atom stereocenters. The molecular weight excluding hydrogens is 270 g/mol. The largest absolute Gasteiger partial charge is 0.399 e. The smallest absolute Gasteiger partial charge is 0.122 e. The number of nitrogens with one attached hydrogen (secondary N) is 1. The molecule has 3 nitrogen and oxygen atoms in total. The minimum atomic E-state index is 0.0779. The second-order valence-electron chi connectivity index (χ2n) is 5.06. The Morgan fingerprint density at radius 3 is 2.09 bits per heavy atom. The molecule has 0 aromatic heterocycles. The Labute approximate surface area is 129 Å². The SMILES string of the molecule is N=C(N)c1ccc2cc(C#Cc3ccc(N)cc3)ccc2c1. The molecule has 0 amide bonds. The van der Waals surface area contributed by atoms with Gasteiger partial charge in [-0.25, -0.2) is 0 Å². The van der Waals surface area contributed by atoms with Crippen molar-refractivity contribution in [2.75, 3.05) is 5.73 Å². The summed E-state index contributed by atoms with van der Waals surface area (Å²) in [6, 6.07) is 19.2. The van der Waals surface area contributed by atoms with Crippen LogP contribution in [0.25, 0.3) is 10.8 Å². The summed E-state index contributed by atoms with van der Waals surface area (Å²) in [4.78, 5) is 0. The molecule has 3 heteroatoms. The van der Waals surface area contributed by atoms with Crippen LogP contribution in [0.2, 0.25) is 0 Å². The van der Waals surface area contributed by atoms with E-state index >= 15 is 0 Å². The van der Waals surface area contributed by atoms with Gasteiger partial charge in [-0.15, -0.1) is 0 Å². The van der Waals surface area contributed by atoms with Crippen LogP contribution in [0.4, 0.5) is 5.69 Å². The average molecular weight is 285 g/mol. The van der Waals surface area contributed by atoms with E-state index in [9.17, 15) is 0 Å². The monoisotopic (exact) mass is 285 g/mol. The van der Waals surface area contributed by atoms with E-state index in [1.165, 1.54) is 0 Å². The van der Waals surface area contributed by atoms with Crippen molar-refractivity contribution in [2.24, 2.45) is 5.73 Å². The molecule has 3 aromatic carbocycles. The van der Waals surface area contributed by atoms with E-state index in [1.54, 1.807) is 0 Å². The van der Waals surface area contributed by atoms with Gasteiger partial charge in [0.25, 0.3) is 0 Å². The number of benzene rings is 3. The maximum absolute atomic E-state index is 7.48. The van der Waals surface area contributed by atoms with Crippen molar-refractivity contribution >= 4 is 22.3 Å². The molecule has 0 saturated heterocycles. The van der Waals surface area contributed by atoms with E-state index in [4.69, 9.17) is 16.9 Å². The zero-order valence-corrected chi connectivity index (χ0v) is 11.9. The van der Waals surface area contributed by atoms with Crippen LogP contribution >= 0.6 is 0 Å². The third-order valence-electron chi connectivity index (χ3n) is 3.41. The van der Waals surface area contributed by atoms with Crippen LogP contribution in [0.5, 0.6) is 0 Å². The first-order valence-electron chi connectivity index (χ1n) is 6.87. The lowest BCUT2D eigenvalue weighted by Crippen LogP contribution is -2.10. The summed E-state index contributed by atoms with van der Waals surface area (Å²) in [5.41, 5.74) is 14.5. The van der Waals surface area contributed by atoms with Gasteiger partial charge in [-0.2, -0.15) is 0 Å². The van der Waals surface area contributed by atoms with Crippen LogP contribution in [0.3, 0.4) is 0 Å². The molecule has 3 rings (SSSR count). The normalized spacial score (nSPS) is 10.0. The van der Waals surface area contributed by atoms with Crippen molar-refractivity contribution in [3.05, 3.63) is 77.4 Å². The molecule has 0 aliphatic heterocycles. The summed E-state index contributed by atoms with van der Waals surface area (Å²) in [7, 11) is 0. The molecule has 0 radical (unpaired) electrons. The Kier molecular flexibility index (Phi) is 3.51. The van der Waals surface area contributed by atoms with Crippen LogP contribution in [0.15, 0.2) is 60.7 Å². The van der Waals surface area contributed by atoms with Crippen LogP contribution in [0, 0.1) is 17.3 Å². The van der Waals surface area contributed by atoms with Gasteiger partial charge in [0.1, 0.15) is 5.84 Å². The van der Waals surface area contributed by atoms with Gasteiger partial charge in [-0.1, -0.05) is 30.0 Å². The number of hydrogen-bond acceptors (Lipinski definition) is 2. The average Bonchev–Trinajstić information content (AvgIpc) is 2.53. The Morgan fingerprint density at radius 2 is 1.36 bits per heavy atom. The molecule has 0 fully saturated rings. The summed E-state index contributed by atoms with van der Waals surface area (Å²) in [5.74, 6) is 6.35. The Bertz CT molecular complexity index is 913. The van der Waals surface area contributed by atoms with Gasteiger partial charge in [-0.05, 0) is 53.2 Å². The van der Waals surface area contributed by atoms with Gasteiger partial charge in [0.2, 0.25) is 0 Å². The highest BCUT2D eigenvalue weighted by Crippen LogP contribution is 2.17. The number of nitrogens with two attached hydrogens (primary N) is 2. The minimum absolute atomic E-state index is 0.0779. The van der Waals surface area contributed by atoms with Gasteiger partial charge < -0.3 is 11.5 Å². The molecule has 0 spiro atoms. The lowest BCUT2D eigenvalue weighted by atomic mass is 10.0. The zero-order chi connectivity index (χ0) is 15.5. The van der Waals surface area contributed by atoms with E-state index in [-0.39, 0.29) is 5.84 Å². The van der Waals surface area contributed by atoms with Gasteiger partial charge >= 0.3 is 0 Å². The molecule has 0 heterocycles. The molecule has 22 heavy (non-hydrogen) atoms. The maximum Gasteiger partial charge on any atom is 0.122 e. The summed E-state index contributed by atoms with van der Waals surface area (Å²) < 4.78 is 0. The van der Waals surface area contributed by atoms with Gasteiger partial charge in [0.05, 0.1) is 0 Å². The van der Waals surface area contributed by atoms with E-state index in [0.717, 1.165) is 33.2 Å². The fraction of sp³-hybridized carbons (Fsp3) is 0.